The number of aryl methyl sites for hydroxylation is 1. The number of rotatable bonds is 2. The van der Waals surface area contributed by atoms with Crippen LogP contribution in [0.5, 0.6) is 0 Å². The zero-order valence-corrected chi connectivity index (χ0v) is 9.62. The van der Waals surface area contributed by atoms with Crippen molar-refractivity contribution in [2.75, 3.05) is 12.3 Å². The standard InChI is InChI=1S/C7H9N.C5H10O2/c1-6-3-2-4-7(8)5-6;1-3-5(6)7-4-2/h2-5H,8H2,1H3;3-4H2,1-2H3. The van der Waals surface area contributed by atoms with Crippen LogP contribution in [-0.4, -0.2) is 12.6 Å². The molecule has 0 heterocycles. The Hall–Kier alpha value is -1.51. The van der Waals surface area contributed by atoms with Gasteiger partial charge in [0.1, 0.15) is 0 Å². The fourth-order valence-corrected chi connectivity index (χ4v) is 0.933. The molecule has 0 fully saturated rings. The summed E-state index contributed by atoms with van der Waals surface area (Å²) in [6, 6.07) is 7.80. The summed E-state index contributed by atoms with van der Waals surface area (Å²) in [5.41, 5.74) is 7.51. The Balaban J connectivity index is 0.000000265. The van der Waals surface area contributed by atoms with Crippen LogP contribution in [0.25, 0.3) is 0 Å². The summed E-state index contributed by atoms with van der Waals surface area (Å²) in [4.78, 5) is 10.2. The van der Waals surface area contributed by atoms with Crippen LogP contribution in [0.4, 0.5) is 5.69 Å². The van der Waals surface area contributed by atoms with Crippen molar-refractivity contribution in [3.63, 3.8) is 0 Å². The second-order valence-corrected chi connectivity index (χ2v) is 3.07. The molecule has 0 spiro atoms. The predicted molar refractivity (Wildman–Crippen MR) is 62.5 cm³/mol. The molecule has 0 aromatic heterocycles. The summed E-state index contributed by atoms with van der Waals surface area (Å²) >= 11 is 0. The molecule has 0 atom stereocenters. The van der Waals surface area contributed by atoms with E-state index in [0.29, 0.717) is 13.0 Å². The van der Waals surface area contributed by atoms with Crippen LogP contribution in [-0.2, 0) is 9.53 Å². The smallest absolute Gasteiger partial charge is 0.305 e. The minimum atomic E-state index is -0.123. The van der Waals surface area contributed by atoms with Crippen molar-refractivity contribution < 1.29 is 9.53 Å². The summed E-state index contributed by atoms with van der Waals surface area (Å²) < 4.78 is 4.55. The highest BCUT2D eigenvalue weighted by Crippen LogP contribution is 2.03. The summed E-state index contributed by atoms with van der Waals surface area (Å²) in [6.07, 6.45) is 0.480. The van der Waals surface area contributed by atoms with Crippen molar-refractivity contribution in [1.29, 1.82) is 0 Å². The number of esters is 1. The molecule has 0 aliphatic carbocycles. The second-order valence-electron chi connectivity index (χ2n) is 3.07. The van der Waals surface area contributed by atoms with E-state index < -0.39 is 0 Å². The van der Waals surface area contributed by atoms with E-state index in [4.69, 9.17) is 5.73 Å². The molecular formula is C12H19NO2. The Labute approximate surface area is 91.2 Å². The molecule has 15 heavy (non-hydrogen) atoms. The van der Waals surface area contributed by atoms with Gasteiger partial charge in [0.25, 0.3) is 0 Å². The van der Waals surface area contributed by atoms with Crippen LogP contribution in [0.3, 0.4) is 0 Å². The molecule has 84 valence electrons. The van der Waals surface area contributed by atoms with Crippen molar-refractivity contribution in [1.82, 2.24) is 0 Å². The van der Waals surface area contributed by atoms with E-state index in [1.54, 1.807) is 13.8 Å². The van der Waals surface area contributed by atoms with Gasteiger partial charge in [0, 0.05) is 12.1 Å². The van der Waals surface area contributed by atoms with Crippen LogP contribution >= 0.6 is 0 Å². The van der Waals surface area contributed by atoms with Crippen molar-refractivity contribution in [2.45, 2.75) is 27.2 Å². The summed E-state index contributed by atoms with van der Waals surface area (Å²) in [5.74, 6) is -0.123. The van der Waals surface area contributed by atoms with Gasteiger partial charge in [-0.25, -0.2) is 0 Å². The van der Waals surface area contributed by atoms with Gasteiger partial charge < -0.3 is 10.5 Å². The maximum atomic E-state index is 10.2. The number of benzene rings is 1. The second kappa shape index (κ2) is 7.85. The number of nitrogen functional groups attached to an aromatic ring is 1. The Bertz CT molecular complexity index is 280. The first-order chi connectivity index (χ1) is 7.10. The van der Waals surface area contributed by atoms with Gasteiger partial charge in [0.2, 0.25) is 0 Å². The number of carbonyl (C=O) groups excluding carboxylic acids is 1. The van der Waals surface area contributed by atoms with E-state index in [9.17, 15) is 4.79 Å². The monoisotopic (exact) mass is 209 g/mol. The highest BCUT2D eigenvalue weighted by atomic mass is 16.5. The summed E-state index contributed by atoms with van der Waals surface area (Å²) in [5, 5.41) is 0. The Kier molecular flexibility index (Phi) is 7.06. The molecule has 1 rings (SSSR count). The maximum absolute atomic E-state index is 10.2. The molecule has 3 heteroatoms. The minimum Gasteiger partial charge on any atom is -0.466 e. The van der Waals surface area contributed by atoms with Gasteiger partial charge in [-0.2, -0.15) is 0 Å². The molecule has 0 bridgehead atoms. The fraction of sp³-hybridized carbons (Fsp3) is 0.417. The number of ether oxygens (including phenoxy) is 1. The molecule has 0 radical (unpaired) electrons. The van der Waals surface area contributed by atoms with Gasteiger partial charge in [-0.1, -0.05) is 19.1 Å². The zero-order chi connectivity index (χ0) is 11.7. The third-order valence-electron chi connectivity index (χ3n) is 1.64. The van der Waals surface area contributed by atoms with E-state index in [0.717, 1.165) is 5.69 Å². The van der Waals surface area contributed by atoms with Crippen molar-refractivity contribution in [3.8, 4) is 0 Å². The molecule has 2 N–H and O–H groups in total. The lowest BCUT2D eigenvalue weighted by molar-refractivity contribution is -0.142. The van der Waals surface area contributed by atoms with Crippen molar-refractivity contribution in [2.24, 2.45) is 0 Å². The van der Waals surface area contributed by atoms with E-state index in [1.807, 2.05) is 31.2 Å². The van der Waals surface area contributed by atoms with Crippen molar-refractivity contribution in [3.05, 3.63) is 29.8 Å². The molecular weight excluding hydrogens is 190 g/mol. The lowest BCUT2D eigenvalue weighted by Crippen LogP contribution is -2.00. The fourth-order valence-electron chi connectivity index (χ4n) is 0.933. The predicted octanol–water partition coefficient (Wildman–Crippen LogP) is 2.54. The Morgan fingerprint density at radius 2 is 2.07 bits per heavy atom. The molecule has 0 saturated carbocycles. The molecule has 0 unspecified atom stereocenters. The quantitative estimate of drug-likeness (QED) is 0.601. The van der Waals surface area contributed by atoms with Gasteiger partial charge in [-0.05, 0) is 31.5 Å². The largest absolute Gasteiger partial charge is 0.466 e. The number of anilines is 1. The van der Waals surface area contributed by atoms with Gasteiger partial charge in [-0.3, -0.25) is 4.79 Å². The summed E-state index contributed by atoms with van der Waals surface area (Å²) in [6.45, 7) is 6.09. The molecule has 1 aromatic rings. The lowest BCUT2D eigenvalue weighted by atomic mass is 10.2. The van der Waals surface area contributed by atoms with Crippen LogP contribution in [0.2, 0.25) is 0 Å². The molecule has 0 saturated heterocycles. The van der Waals surface area contributed by atoms with E-state index >= 15 is 0 Å². The van der Waals surface area contributed by atoms with Crippen LogP contribution in [0.15, 0.2) is 24.3 Å². The number of nitrogens with two attached hydrogens (primary N) is 1. The third kappa shape index (κ3) is 7.55. The molecule has 3 nitrogen and oxygen atoms in total. The van der Waals surface area contributed by atoms with Crippen LogP contribution in [0, 0.1) is 6.92 Å². The van der Waals surface area contributed by atoms with Gasteiger partial charge >= 0.3 is 5.97 Å². The van der Waals surface area contributed by atoms with Crippen LogP contribution in [0.1, 0.15) is 25.8 Å². The molecule has 1 aromatic carbocycles. The van der Waals surface area contributed by atoms with Gasteiger partial charge in [0.15, 0.2) is 0 Å². The molecule has 0 amide bonds. The van der Waals surface area contributed by atoms with E-state index in [-0.39, 0.29) is 5.97 Å². The first-order valence-electron chi connectivity index (χ1n) is 5.07. The van der Waals surface area contributed by atoms with E-state index in [1.165, 1.54) is 5.56 Å². The highest BCUT2D eigenvalue weighted by Gasteiger charge is 1.91. The highest BCUT2D eigenvalue weighted by molar-refractivity contribution is 5.68. The first kappa shape index (κ1) is 13.5. The molecule has 0 aliphatic heterocycles. The maximum Gasteiger partial charge on any atom is 0.305 e. The summed E-state index contributed by atoms with van der Waals surface area (Å²) in [7, 11) is 0. The molecule has 0 aliphatic rings. The third-order valence-corrected chi connectivity index (χ3v) is 1.64. The Morgan fingerprint density at radius 3 is 2.33 bits per heavy atom. The normalized spacial score (nSPS) is 8.73. The number of hydrogen-bond donors (Lipinski definition) is 1. The lowest BCUT2D eigenvalue weighted by Gasteiger charge is -1.93. The Morgan fingerprint density at radius 1 is 1.40 bits per heavy atom. The number of carbonyl (C=O) groups is 1. The van der Waals surface area contributed by atoms with E-state index in [2.05, 4.69) is 4.74 Å². The number of hydrogen-bond acceptors (Lipinski definition) is 3. The van der Waals surface area contributed by atoms with Crippen molar-refractivity contribution >= 4 is 11.7 Å². The zero-order valence-electron chi connectivity index (χ0n) is 9.62. The topological polar surface area (TPSA) is 52.3 Å². The minimum absolute atomic E-state index is 0.123. The SMILES string of the molecule is CCOC(=O)CC.Cc1cccc(N)c1. The van der Waals surface area contributed by atoms with Gasteiger partial charge in [0.05, 0.1) is 6.61 Å². The van der Waals surface area contributed by atoms with Crippen LogP contribution < -0.4 is 5.73 Å². The first-order valence-corrected chi connectivity index (χ1v) is 5.07. The van der Waals surface area contributed by atoms with Gasteiger partial charge in [-0.15, -0.1) is 0 Å². The average molecular weight is 209 g/mol. The average Bonchev–Trinajstić information content (AvgIpc) is 2.18.